The van der Waals surface area contributed by atoms with Crippen LogP contribution in [0.3, 0.4) is 0 Å². The van der Waals surface area contributed by atoms with E-state index in [1.54, 1.807) is 0 Å². The monoisotopic (exact) mass is 289 g/mol. The predicted molar refractivity (Wildman–Crippen MR) is 67.8 cm³/mol. The molecule has 0 aromatic carbocycles. The standard InChI is InChI=1S/C12H20BrNO2/c1-10(13)9-14-11-2-5-16-12(8-11)3-6-15-7-4-12/h11,14H,1-9H2. The third kappa shape index (κ3) is 3.29. The summed E-state index contributed by atoms with van der Waals surface area (Å²) in [5.41, 5.74) is 0.0851. The zero-order chi connectivity index (χ0) is 11.4. The van der Waals surface area contributed by atoms with Gasteiger partial charge >= 0.3 is 0 Å². The van der Waals surface area contributed by atoms with Gasteiger partial charge in [0.15, 0.2) is 0 Å². The van der Waals surface area contributed by atoms with Gasteiger partial charge in [-0.15, -0.1) is 0 Å². The highest BCUT2D eigenvalue weighted by molar-refractivity contribution is 9.11. The summed E-state index contributed by atoms with van der Waals surface area (Å²) in [4.78, 5) is 0. The number of rotatable bonds is 3. The van der Waals surface area contributed by atoms with Crippen molar-refractivity contribution < 1.29 is 9.47 Å². The van der Waals surface area contributed by atoms with E-state index in [1.165, 1.54) is 0 Å². The topological polar surface area (TPSA) is 30.5 Å². The van der Waals surface area contributed by atoms with E-state index in [4.69, 9.17) is 9.47 Å². The lowest BCUT2D eigenvalue weighted by Crippen LogP contribution is -2.50. The molecular weight excluding hydrogens is 270 g/mol. The molecule has 2 aliphatic heterocycles. The average Bonchev–Trinajstić information content (AvgIpc) is 2.28. The van der Waals surface area contributed by atoms with Crippen LogP contribution >= 0.6 is 15.9 Å². The van der Waals surface area contributed by atoms with Crippen molar-refractivity contribution in [1.29, 1.82) is 0 Å². The molecule has 0 aromatic rings. The highest BCUT2D eigenvalue weighted by Crippen LogP contribution is 2.34. The maximum atomic E-state index is 5.99. The third-order valence-corrected chi connectivity index (χ3v) is 3.76. The predicted octanol–water partition coefficient (Wildman–Crippen LogP) is 2.21. The lowest BCUT2D eigenvalue weighted by Gasteiger charge is -2.43. The Morgan fingerprint density at radius 3 is 2.81 bits per heavy atom. The van der Waals surface area contributed by atoms with Crippen molar-refractivity contribution in [3.05, 3.63) is 11.1 Å². The molecule has 2 aliphatic rings. The van der Waals surface area contributed by atoms with Crippen molar-refractivity contribution in [2.75, 3.05) is 26.4 Å². The van der Waals surface area contributed by atoms with Crippen LogP contribution in [0.5, 0.6) is 0 Å². The summed E-state index contributed by atoms with van der Waals surface area (Å²) in [5, 5.41) is 3.53. The molecule has 3 nitrogen and oxygen atoms in total. The second kappa shape index (κ2) is 5.63. The Balaban J connectivity index is 1.85. The van der Waals surface area contributed by atoms with Gasteiger partial charge in [0.2, 0.25) is 0 Å². The molecule has 1 N–H and O–H groups in total. The first-order valence-electron chi connectivity index (χ1n) is 5.99. The molecule has 2 heterocycles. The first-order chi connectivity index (χ1) is 7.70. The van der Waals surface area contributed by atoms with Crippen LogP contribution < -0.4 is 5.32 Å². The van der Waals surface area contributed by atoms with Gasteiger partial charge in [-0.3, -0.25) is 0 Å². The van der Waals surface area contributed by atoms with Crippen LogP contribution in [0.1, 0.15) is 25.7 Å². The van der Waals surface area contributed by atoms with Gasteiger partial charge in [-0.05, 0) is 25.7 Å². The van der Waals surface area contributed by atoms with Crippen LogP contribution in [0, 0.1) is 0 Å². The average molecular weight is 290 g/mol. The molecular formula is C12H20BrNO2. The van der Waals surface area contributed by atoms with Crippen LogP contribution in [0.2, 0.25) is 0 Å². The molecule has 0 radical (unpaired) electrons. The van der Waals surface area contributed by atoms with Gasteiger partial charge in [-0.25, -0.2) is 0 Å². The molecule has 0 aliphatic carbocycles. The molecule has 0 bridgehead atoms. The van der Waals surface area contributed by atoms with Crippen molar-refractivity contribution in [1.82, 2.24) is 5.32 Å². The molecule has 1 spiro atoms. The van der Waals surface area contributed by atoms with Gasteiger partial charge in [0, 0.05) is 36.9 Å². The van der Waals surface area contributed by atoms with E-state index < -0.39 is 0 Å². The van der Waals surface area contributed by atoms with E-state index in [2.05, 4.69) is 27.8 Å². The van der Waals surface area contributed by atoms with Crippen LogP contribution in [0.4, 0.5) is 0 Å². The maximum Gasteiger partial charge on any atom is 0.0741 e. The first-order valence-corrected chi connectivity index (χ1v) is 6.78. The van der Waals surface area contributed by atoms with E-state index in [1.807, 2.05) is 0 Å². The van der Waals surface area contributed by atoms with E-state index in [9.17, 15) is 0 Å². The molecule has 2 fully saturated rings. The number of ether oxygens (including phenoxy) is 2. The molecule has 0 saturated carbocycles. The highest BCUT2D eigenvalue weighted by Gasteiger charge is 2.38. The third-order valence-electron chi connectivity index (χ3n) is 3.48. The summed E-state index contributed by atoms with van der Waals surface area (Å²) in [5.74, 6) is 0. The van der Waals surface area contributed by atoms with Gasteiger partial charge in [-0.1, -0.05) is 22.5 Å². The zero-order valence-corrected chi connectivity index (χ0v) is 11.2. The Morgan fingerprint density at radius 1 is 1.38 bits per heavy atom. The maximum absolute atomic E-state index is 5.99. The Hall–Kier alpha value is 0.1000. The molecule has 0 aromatic heterocycles. The lowest BCUT2D eigenvalue weighted by molar-refractivity contribution is -0.140. The van der Waals surface area contributed by atoms with Crippen LogP contribution in [0.15, 0.2) is 11.1 Å². The number of hydrogen-bond donors (Lipinski definition) is 1. The lowest BCUT2D eigenvalue weighted by atomic mass is 9.84. The fraction of sp³-hybridized carbons (Fsp3) is 0.833. The fourth-order valence-corrected chi connectivity index (χ4v) is 2.71. The fourth-order valence-electron chi connectivity index (χ4n) is 2.55. The molecule has 1 atom stereocenters. The number of hydrogen-bond acceptors (Lipinski definition) is 3. The minimum Gasteiger partial charge on any atom is -0.381 e. The Labute approximate surface area is 106 Å². The summed E-state index contributed by atoms with van der Waals surface area (Å²) >= 11 is 3.38. The van der Waals surface area contributed by atoms with Crippen molar-refractivity contribution >= 4 is 15.9 Å². The van der Waals surface area contributed by atoms with E-state index in [0.717, 1.165) is 56.5 Å². The highest BCUT2D eigenvalue weighted by atomic mass is 79.9. The molecule has 4 heteroatoms. The SMILES string of the molecule is C=C(Br)CNC1CCOC2(CCOCC2)C1. The molecule has 1 unspecified atom stereocenters. The second-order valence-electron chi connectivity index (χ2n) is 4.73. The van der Waals surface area contributed by atoms with Gasteiger partial charge in [-0.2, -0.15) is 0 Å². The van der Waals surface area contributed by atoms with Crippen molar-refractivity contribution in [3.8, 4) is 0 Å². The normalized spacial score (nSPS) is 29.2. The smallest absolute Gasteiger partial charge is 0.0741 e. The van der Waals surface area contributed by atoms with E-state index >= 15 is 0 Å². The van der Waals surface area contributed by atoms with Gasteiger partial charge in [0.25, 0.3) is 0 Å². The first kappa shape index (κ1) is 12.6. The molecule has 2 rings (SSSR count). The van der Waals surface area contributed by atoms with Gasteiger partial charge in [0.05, 0.1) is 5.60 Å². The largest absolute Gasteiger partial charge is 0.381 e. The van der Waals surface area contributed by atoms with Crippen LogP contribution in [-0.4, -0.2) is 38.0 Å². The molecule has 92 valence electrons. The number of halogens is 1. The van der Waals surface area contributed by atoms with Crippen LogP contribution in [0.25, 0.3) is 0 Å². The van der Waals surface area contributed by atoms with Crippen molar-refractivity contribution in [3.63, 3.8) is 0 Å². The van der Waals surface area contributed by atoms with Crippen LogP contribution in [-0.2, 0) is 9.47 Å². The molecule has 2 saturated heterocycles. The van der Waals surface area contributed by atoms with Crippen molar-refractivity contribution in [2.45, 2.75) is 37.3 Å². The second-order valence-corrected chi connectivity index (χ2v) is 5.85. The minimum absolute atomic E-state index is 0.0851. The Morgan fingerprint density at radius 2 is 2.12 bits per heavy atom. The Kier molecular flexibility index (Phi) is 4.41. The molecule has 0 amide bonds. The van der Waals surface area contributed by atoms with Gasteiger partial charge < -0.3 is 14.8 Å². The summed E-state index contributed by atoms with van der Waals surface area (Å²) in [7, 11) is 0. The Bertz CT molecular complexity index is 246. The minimum atomic E-state index is 0.0851. The molecule has 16 heavy (non-hydrogen) atoms. The van der Waals surface area contributed by atoms with Gasteiger partial charge in [0.1, 0.15) is 0 Å². The summed E-state index contributed by atoms with van der Waals surface area (Å²) in [6.45, 7) is 7.25. The summed E-state index contributed by atoms with van der Waals surface area (Å²) < 4.78 is 12.4. The summed E-state index contributed by atoms with van der Waals surface area (Å²) in [6, 6.07) is 0.557. The zero-order valence-electron chi connectivity index (χ0n) is 9.64. The van der Waals surface area contributed by atoms with E-state index in [-0.39, 0.29) is 5.60 Å². The number of nitrogens with one attached hydrogen (secondary N) is 1. The summed E-state index contributed by atoms with van der Waals surface area (Å²) in [6.07, 6.45) is 4.29. The quantitative estimate of drug-likeness (QED) is 0.864. The van der Waals surface area contributed by atoms with Crippen molar-refractivity contribution in [2.24, 2.45) is 0 Å². The van der Waals surface area contributed by atoms with E-state index in [0.29, 0.717) is 6.04 Å².